The maximum Gasteiger partial charge on any atom is 0.156 e. The van der Waals surface area contributed by atoms with Crippen molar-refractivity contribution in [3.05, 3.63) is 54.7 Å². The maximum atomic E-state index is 15.4. The molecule has 37 heavy (non-hydrogen) atoms. The summed E-state index contributed by atoms with van der Waals surface area (Å²) < 4.78 is 27.4. The van der Waals surface area contributed by atoms with Gasteiger partial charge >= 0.3 is 0 Å². The zero-order valence-electron chi connectivity index (χ0n) is 21.2. The van der Waals surface area contributed by atoms with E-state index in [0.717, 1.165) is 5.69 Å². The van der Waals surface area contributed by atoms with E-state index < -0.39 is 5.82 Å². The van der Waals surface area contributed by atoms with Crippen molar-refractivity contribution in [3.8, 4) is 5.75 Å². The summed E-state index contributed by atoms with van der Waals surface area (Å²) in [5.41, 5.74) is 2.38. The number of anilines is 3. The topological polar surface area (TPSA) is 95.9 Å². The first-order chi connectivity index (χ1) is 17.9. The molecule has 1 aliphatic rings. The van der Waals surface area contributed by atoms with Crippen LogP contribution in [0.5, 0.6) is 5.75 Å². The number of fused-ring (bicyclic) bond motifs is 2. The molecule has 2 aromatic heterocycles. The average molecular weight is 507 g/mol. The molecule has 1 aliphatic heterocycles. The molecule has 9 nitrogen and oxygen atoms in total. The lowest BCUT2D eigenvalue weighted by Gasteiger charge is -2.36. The molecule has 3 heterocycles. The van der Waals surface area contributed by atoms with E-state index in [4.69, 9.17) is 9.47 Å². The number of pyridine rings is 1. The van der Waals surface area contributed by atoms with Gasteiger partial charge in [0.1, 0.15) is 24.0 Å². The molecule has 1 unspecified atom stereocenters. The van der Waals surface area contributed by atoms with Crippen LogP contribution in [0.25, 0.3) is 21.8 Å². The van der Waals surface area contributed by atoms with Crippen LogP contribution >= 0.6 is 0 Å². The maximum absolute atomic E-state index is 15.4. The predicted octanol–water partition coefficient (Wildman–Crippen LogP) is 3.59. The Morgan fingerprint density at radius 1 is 1.22 bits per heavy atom. The molecule has 194 valence electrons. The Morgan fingerprint density at radius 2 is 2.08 bits per heavy atom. The summed E-state index contributed by atoms with van der Waals surface area (Å²) >= 11 is 0. The van der Waals surface area contributed by atoms with E-state index in [2.05, 4.69) is 30.1 Å². The van der Waals surface area contributed by atoms with Gasteiger partial charge in [0.25, 0.3) is 0 Å². The number of aliphatic hydroxyl groups is 1. The lowest BCUT2D eigenvalue weighted by molar-refractivity contribution is 0.0727. The van der Waals surface area contributed by atoms with Gasteiger partial charge in [0.15, 0.2) is 5.82 Å². The van der Waals surface area contributed by atoms with E-state index in [-0.39, 0.29) is 24.4 Å². The third-order valence-corrected chi connectivity index (χ3v) is 6.38. The predicted molar refractivity (Wildman–Crippen MR) is 142 cm³/mol. The van der Waals surface area contributed by atoms with Crippen LogP contribution in [0.15, 0.2) is 48.9 Å². The van der Waals surface area contributed by atoms with Gasteiger partial charge in [-0.2, -0.15) is 0 Å². The van der Waals surface area contributed by atoms with Crippen molar-refractivity contribution in [1.82, 2.24) is 19.9 Å². The van der Waals surface area contributed by atoms with E-state index in [0.29, 0.717) is 59.7 Å². The Balaban J connectivity index is 1.60. The molecule has 4 aromatic rings. The van der Waals surface area contributed by atoms with Gasteiger partial charge in [-0.25, -0.2) is 14.4 Å². The number of rotatable bonds is 8. The molecule has 2 atom stereocenters. The first kappa shape index (κ1) is 25.1. The Labute approximate surface area is 214 Å². The number of benzene rings is 2. The molecule has 0 saturated carbocycles. The molecule has 0 amide bonds. The highest BCUT2D eigenvalue weighted by atomic mass is 19.1. The first-order valence-corrected chi connectivity index (χ1v) is 12.3. The minimum Gasteiger partial charge on any atom is -0.488 e. The number of ether oxygens (including phenoxy) is 2. The smallest absolute Gasteiger partial charge is 0.156 e. The lowest BCUT2D eigenvalue weighted by atomic mass is 10.1. The number of halogens is 1. The number of aliphatic hydroxyl groups excluding tert-OH is 1. The molecule has 0 spiro atoms. The minimum atomic E-state index is -0.406. The Morgan fingerprint density at radius 3 is 2.89 bits per heavy atom. The molecule has 0 bridgehead atoms. The number of likely N-dealkylation sites (N-methyl/N-ethyl adjacent to an activating group) is 1. The number of nitrogens with one attached hydrogen (secondary N) is 1. The van der Waals surface area contributed by atoms with E-state index >= 15 is 4.39 Å². The van der Waals surface area contributed by atoms with Crippen LogP contribution in [0.4, 0.5) is 21.6 Å². The first-order valence-electron chi connectivity index (χ1n) is 12.3. The second kappa shape index (κ2) is 10.8. The van der Waals surface area contributed by atoms with Crippen LogP contribution in [0, 0.1) is 5.82 Å². The number of morpholine rings is 1. The molecule has 0 aliphatic carbocycles. The van der Waals surface area contributed by atoms with Crippen LogP contribution in [0.2, 0.25) is 0 Å². The van der Waals surface area contributed by atoms with E-state index in [1.807, 2.05) is 33.2 Å². The zero-order valence-corrected chi connectivity index (χ0v) is 21.2. The molecule has 2 N–H and O–H groups in total. The van der Waals surface area contributed by atoms with Crippen LogP contribution < -0.4 is 15.0 Å². The van der Waals surface area contributed by atoms with Crippen molar-refractivity contribution in [1.29, 1.82) is 0 Å². The SMILES string of the molecule is C[C@H](CN(C)C)Oc1cc(N2CCOCC2CO)cc2ncnc(Nc3ccc4ncccc4c3F)c12. The molecule has 5 rings (SSSR count). The third kappa shape index (κ3) is 5.27. The van der Waals surface area contributed by atoms with Gasteiger partial charge in [-0.15, -0.1) is 0 Å². The quantitative estimate of drug-likeness (QED) is 0.372. The minimum absolute atomic E-state index is 0.0298. The number of hydrogen-bond acceptors (Lipinski definition) is 9. The second-order valence-corrected chi connectivity index (χ2v) is 9.48. The molecule has 1 saturated heterocycles. The standard InChI is InChI=1S/C27H31FN6O3/c1-17(13-33(2)3)37-24-12-18(34-9-10-36-15-19(34)14-35)11-23-25(24)27(31-16-30-23)32-22-7-6-21-20(26(22)28)5-4-8-29-21/h4-8,11-12,16-17,19,35H,9-10,13-15H2,1-3H3,(H,30,31,32)/t17-,19?/m1/s1. The fourth-order valence-corrected chi connectivity index (χ4v) is 4.75. The third-order valence-electron chi connectivity index (χ3n) is 6.38. The van der Waals surface area contributed by atoms with Gasteiger partial charge in [0.05, 0.1) is 48.0 Å². The molecule has 2 aromatic carbocycles. The van der Waals surface area contributed by atoms with Gasteiger partial charge in [-0.1, -0.05) is 0 Å². The summed E-state index contributed by atoms with van der Waals surface area (Å²) in [7, 11) is 3.98. The fourth-order valence-electron chi connectivity index (χ4n) is 4.75. The lowest BCUT2D eigenvalue weighted by Crippen LogP contribution is -2.47. The van der Waals surface area contributed by atoms with Crippen LogP contribution in [0.1, 0.15) is 6.92 Å². The molecule has 1 fully saturated rings. The van der Waals surface area contributed by atoms with E-state index in [1.54, 1.807) is 30.5 Å². The number of nitrogens with zero attached hydrogens (tertiary/aromatic N) is 5. The van der Waals surface area contributed by atoms with Crippen molar-refractivity contribution in [2.45, 2.75) is 19.1 Å². The summed E-state index contributed by atoms with van der Waals surface area (Å²) in [6.45, 7) is 4.30. The van der Waals surface area contributed by atoms with Gasteiger partial charge < -0.3 is 29.7 Å². The van der Waals surface area contributed by atoms with Gasteiger partial charge in [-0.3, -0.25) is 4.98 Å². The highest BCUT2D eigenvalue weighted by Crippen LogP contribution is 2.38. The van der Waals surface area contributed by atoms with Crippen molar-refractivity contribution < 1.29 is 19.0 Å². The largest absolute Gasteiger partial charge is 0.488 e. The molecule has 10 heteroatoms. The van der Waals surface area contributed by atoms with E-state index in [9.17, 15) is 5.11 Å². The Bertz CT molecular complexity index is 1400. The second-order valence-electron chi connectivity index (χ2n) is 9.48. The summed E-state index contributed by atoms with van der Waals surface area (Å²) in [6.07, 6.45) is 2.95. The van der Waals surface area contributed by atoms with Crippen molar-refractivity contribution >= 4 is 39.0 Å². The fraction of sp³-hybridized carbons (Fsp3) is 0.370. The zero-order chi connectivity index (χ0) is 25.9. The van der Waals surface area contributed by atoms with Crippen LogP contribution in [0.3, 0.4) is 0 Å². The summed E-state index contributed by atoms with van der Waals surface area (Å²) in [6, 6.07) is 10.6. The van der Waals surface area contributed by atoms with Gasteiger partial charge in [0.2, 0.25) is 0 Å². The summed E-state index contributed by atoms with van der Waals surface area (Å²) in [5.74, 6) is 0.610. The van der Waals surface area contributed by atoms with Crippen molar-refractivity contribution in [3.63, 3.8) is 0 Å². The Hall–Kier alpha value is -3.60. The Kier molecular flexibility index (Phi) is 7.31. The van der Waals surface area contributed by atoms with E-state index in [1.165, 1.54) is 6.33 Å². The number of aromatic nitrogens is 3. The average Bonchev–Trinajstić information content (AvgIpc) is 2.89. The molecule has 0 radical (unpaired) electrons. The molecular weight excluding hydrogens is 475 g/mol. The van der Waals surface area contributed by atoms with Crippen LogP contribution in [-0.4, -0.2) is 84.1 Å². The number of hydrogen-bond donors (Lipinski definition) is 2. The highest BCUT2D eigenvalue weighted by molar-refractivity contribution is 5.98. The normalized spacial score (nSPS) is 16.9. The van der Waals surface area contributed by atoms with Crippen molar-refractivity contribution in [2.24, 2.45) is 0 Å². The van der Waals surface area contributed by atoms with Crippen LogP contribution in [-0.2, 0) is 4.74 Å². The summed E-state index contributed by atoms with van der Waals surface area (Å²) in [4.78, 5) is 17.4. The van der Waals surface area contributed by atoms with Gasteiger partial charge in [0, 0.05) is 36.4 Å². The molecular formula is C27H31FN6O3. The monoisotopic (exact) mass is 506 g/mol. The van der Waals surface area contributed by atoms with Crippen molar-refractivity contribution in [2.75, 3.05) is 57.2 Å². The summed E-state index contributed by atoms with van der Waals surface area (Å²) in [5, 5.41) is 14.2. The highest BCUT2D eigenvalue weighted by Gasteiger charge is 2.25. The van der Waals surface area contributed by atoms with Gasteiger partial charge in [-0.05, 0) is 51.4 Å².